The molecule has 0 bridgehead atoms. The van der Waals surface area contributed by atoms with Gasteiger partial charge in [-0.1, -0.05) is 12.1 Å². The zero-order valence-electron chi connectivity index (χ0n) is 9.82. The maximum absolute atomic E-state index is 12.9. The van der Waals surface area contributed by atoms with Crippen LogP contribution in [0.3, 0.4) is 0 Å². The first kappa shape index (κ1) is 13.1. The Morgan fingerprint density at radius 2 is 2.12 bits per heavy atom. The second-order valence-electron chi connectivity index (χ2n) is 4.11. The van der Waals surface area contributed by atoms with Crippen LogP contribution in [0.4, 0.5) is 4.39 Å². The van der Waals surface area contributed by atoms with Gasteiger partial charge in [-0.05, 0) is 43.9 Å². The minimum Gasteiger partial charge on any atom is -0.393 e. The van der Waals surface area contributed by atoms with Crippen molar-refractivity contribution in [2.24, 2.45) is 0 Å². The van der Waals surface area contributed by atoms with Crippen LogP contribution >= 0.6 is 0 Å². The van der Waals surface area contributed by atoms with Crippen LogP contribution in [0.5, 0.6) is 0 Å². The van der Waals surface area contributed by atoms with Crippen LogP contribution in [0.1, 0.15) is 25.3 Å². The van der Waals surface area contributed by atoms with Gasteiger partial charge in [0.05, 0.1) is 12.2 Å². The molecule has 1 aromatic rings. The largest absolute Gasteiger partial charge is 0.393 e. The number of aliphatic hydroxyl groups is 1. The molecule has 3 heteroatoms. The Hall–Kier alpha value is -0.930. The van der Waals surface area contributed by atoms with Crippen molar-refractivity contribution in [1.82, 2.24) is 0 Å². The molecule has 0 spiro atoms. The van der Waals surface area contributed by atoms with Gasteiger partial charge in [-0.25, -0.2) is 4.39 Å². The van der Waals surface area contributed by atoms with E-state index < -0.39 is 6.10 Å². The van der Waals surface area contributed by atoms with E-state index in [-0.39, 0.29) is 11.9 Å². The van der Waals surface area contributed by atoms with E-state index in [2.05, 4.69) is 0 Å². The average molecular weight is 226 g/mol. The van der Waals surface area contributed by atoms with Gasteiger partial charge in [0, 0.05) is 7.11 Å². The molecule has 1 rings (SSSR count). The molecule has 0 saturated heterocycles. The molecule has 90 valence electrons. The summed E-state index contributed by atoms with van der Waals surface area (Å²) < 4.78 is 18.0. The van der Waals surface area contributed by atoms with Crippen LogP contribution in [-0.4, -0.2) is 24.4 Å². The molecule has 1 aromatic carbocycles. The molecular weight excluding hydrogens is 207 g/mol. The highest BCUT2D eigenvalue weighted by atomic mass is 19.1. The number of aliphatic hydroxyl groups excluding tert-OH is 1. The minimum atomic E-state index is -0.431. The first-order chi connectivity index (χ1) is 7.61. The van der Waals surface area contributed by atoms with Crippen molar-refractivity contribution in [3.05, 3.63) is 35.6 Å². The fourth-order valence-electron chi connectivity index (χ4n) is 1.58. The number of benzene rings is 1. The van der Waals surface area contributed by atoms with Crippen LogP contribution in [0.25, 0.3) is 0 Å². The molecule has 0 amide bonds. The minimum absolute atomic E-state index is 0.155. The van der Waals surface area contributed by atoms with Gasteiger partial charge in [-0.15, -0.1) is 0 Å². The highest BCUT2D eigenvalue weighted by molar-refractivity contribution is 5.16. The van der Waals surface area contributed by atoms with E-state index in [4.69, 9.17) is 4.74 Å². The maximum Gasteiger partial charge on any atom is 0.123 e. The van der Waals surface area contributed by atoms with Gasteiger partial charge in [-0.3, -0.25) is 0 Å². The normalized spacial score (nSPS) is 14.8. The van der Waals surface area contributed by atoms with Gasteiger partial charge in [0.15, 0.2) is 0 Å². The number of ether oxygens (including phenoxy) is 1. The predicted octanol–water partition coefficient (Wildman–Crippen LogP) is 2.54. The molecular formula is C13H19FO2. The second-order valence-corrected chi connectivity index (χ2v) is 4.11. The summed E-state index contributed by atoms with van der Waals surface area (Å²) in [5.74, 6) is -0.255. The number of rotatable bonds is 6. The van der Waals surface area contributed by atoms with Gasteiger partial charge in [-0.2, -0.15) is 0 Å². The first-order valence-corrected chi connectivity index (χ1v) is 5.57. The lowest BCUT2D eigenvalue weighted by atomic mass is 10.0. The van der Waals surface area contributed by atoms with Crippen LogP contribution in [-0.2, 0) is 11.2 Å². The van der Waals surface area contributed by atoms with E-state index in [1.807, 2.05) is 13.0 Å². The van der Waals surface area contributed by atoms with Gasteiger partial charge in [0.1, 0.15) is 5.82 Å². The summed E-state index contributed by atoms with van der Waals surface area (Å²) in [6.07, 6.45) is 1.70. The Kier molecular flexibility index (Phi) is 5.43. The van der Waals surface area contributed by atoms with Crippen molar-refractivity contribution in [3.63, 3.8) is 0 Å². The van der Waals surface area contributed by atoms with Gasteiger partial charge in [0.2, 0.25) is 0 Å². The molecule has 0 aromatic heterocycles. The van der Waals surface area contributed by atoms with Gasteiger partial charge in [0.25, 0.3) is 0 Å². The second kappa shape index (κ2) is 6.61. The van der Waals surface area contributed by atoms with E-state index >= 15 is 0 Å². The number of halogens is 1. The highest BCUT2D eigenvalue weighted by Crippen LogP contribution is 2.11. The van der Waals surface area contributed by atoms with Crippen molar-refractivity contribution < 1.29 is 14.2 Å². The summed E-state index contributed by atoms with van der Waals surface area (Å²) in [6.45, 7) is 1.97. The summed E-state index contributed by atoms with van der Waals surface area (Å²) in [7, 11) is 1.66. The molecule has 2 unspecified atom stereocenters. The summed E-state index contributed by atoms with van der Waals surface area (Å²) in [4.78, 5) is 0. The molecule has 0 aliphatic heterocycles. The summed E-state index contributed by atoms with van der Waals surface area (Å²) in [6, 6.07) is 6.35. The summed E-state index contributed by atoms with van der Waals surface area (Å²) in [5, 5.41) is 9.76. The van der Waals surface area contributed by atoms with Crippen molar-refractivity contribution in [3.8, 4) is 0 Å². The molecule has 0 heterocycles. The van der Waals surface area contributed by atoms with Crippen molar-refractivity contribution in [2.45, 2.75) is 38.4 Å². The van der Waals surface area contributed by atoms with Crippen LogP contribution < -0.4 is 0 Å². The van der Waals surface area contributed by atoms with E-state index in [0.717, 1.165) is 12.0 Å². The molecule has 2 nitrogen and oxygen atoms in total. The monoisotopic (exact) mass is 226 g/mol. The Morgan fingerprint density at radius 3 is 2.75 bits per heavy atom. The molecule has 0 fully saturated rings. The van der Waals surface area contributed by atoms with Crippen molar-refractivity contribution in [1.29, 1.82) is 0 Å². The highest BCUT2D eigenvalue weighted by Gasteiger charge is 2.08. The molecule has 0 aliphatic rings. The smallest absolute Gasteiger partial charge is 0.123 e. The Labute approximate surface area is 96.1 Å². The lowest BCUT2D eigenvalue weighted by Gasteiger charge is -2.13. The zero-order valence-corrected chi connectivity index (χ0v) is 9.82. The van der Waals surface area contributed by atoms with Crippen LogP contribution in [0.15, 0.2) is 24.3 Å². The molecule has 0 saturated carbocycles. The third-order valence-corrected chi connectivity index (χ3v) is 2.67. The van der Waals surface area contributed by atoms with Gasteiger partial charge < -0.3 is 9.84 Å². The predicted molar refractivity (Wildman–Crippen MR) is 61.8 cm³/mol. The number of methoxy groups -OCH3 is 1. The maximum atomic E-state index is 12.9. The summed E-state index contributed by atoms with van der Waals surface area (Å²) >= 11 is 0. The Bertz CT molecular complexity index is 315. The fourth-order valence-corrected chi connectivity index (χ4v) is 1.58. The zero-order chi connectivity index (χ0) is 12.0. The molecule has 2 atom stereocenters. The molecule has 16 heavy (non-hydrogen) atoms. The van der Waals surface area contributed by atoms with Crippen LogP contribution in [0, 0.1) is 5.82 Å². The number of hydrogen-bond donors (Lipinski definition) is 1. The fraction of sp³-hybridized carbons (Fsp3) is 0.538. The van der Waals surface area contributed by atoms with E-state index in [1.165, 1.54) is 12.1 Å². The number of hydrogen-bond acceptors (Lipinski definition) is 2. The lowest BCUT2D eigenvalue weighted by Crippen LogP contribution is -2.14. The molecule has 0 radical (unpaired) electrons. The first-order valence-electron chi connectivity index (χ1n) is 5.57. The Morgan fingerprint density at radius 1 is 1.38 bits per heavy atom. The lowest BCUT2D eigenvalue weighted by molar-refractivity contribution is 0.0851. The molecule has 1 N–H and O–H groups in total. The van der Waals surface area contributed by atoms with Crippen molar-refractivity contribution >= 4 is 0 Å². The quantitative estimate of drug-likeness (QED) is 0.807. The van der Waals surface area contributed by atoms with Crippen molar-refractivity contribution in [2.75, 3.05) is 7.11 Å². The van der Waals surface area contributed by atoms with E-state index in [1.54, 1.807) is 13.2 Å². The average Bonchev–Trinajstić information content (AvgIpc) is 2.26. The van der Waals surface area contributed by atoms with Crippen LogP contribution in [0.2, 0.25) is 0 Å². The summed E-state index contributed by atoms with van der Waals surface area (Å²) in [5.41, 5.74) is 0.831. The standard InChI is InChI=1S/C13H19FO2/c1-10(16-2)6-7-13(15)9-11-4-3-5-12(14)8-11/h3-5,8,10,13,15H,6-7,9H2,1-2H3. The topological polar surface area (TPSA) is 29.5 Å². The van der Waals surface area contributed by atoms with E-state index in [0.29, 0.717) is 12.8 Å². The third kappa shape index (κ3) is 4.73. The van der Waals surface area contributed by atoms with Gasteiger partial charge >= 0.3 is 0 Å². The Balaban J connectivity index is 2.36. The molecule has 0 aliphatic carbocycles. The third-order valence-electron chi connectivity index (χ3n) is 2.67. The van der Waals surface area contributed by atoms with E-state index in [9.17, 15) is 9.50 Å². The SMILES string of the molecule is COC(C)CCC(O)Cc1cccc(F)c1.